The summed E-state index contributed by atoms with van der Waals surface area (Å²) in [6, 6.07) is 8.61. The quantitative estimate of drug-likeness (QED) is 0.367. The van der Waals surface area contributed by atoms with Crippen molar-refractivity contribution in [2.24, 2.45) is 5.10 Å². The Bertz CT molecular complexity index is 762. The molecule has 0 amide bonds. The molecule has 1 aliphatic heterocycles. The van der Waals surface area contributed by atoms with Gasteiger partial charge in [0.15, 0.2) is 6.04 Å². The molecule has 0 saturated carbocycles. The van der Waals surface area contributed by atoms with Crippen LogP contribution in [0, 0.1) is 0 Å². The molecule has 0 N–H and O–H groups in total. The molecule has 0 fully saturated rings. The molecule has 2 rings (SSSR count). The lowest BCUT2D eigenvalue weighted by molar-refractivity contribution is -0.145. The predicted octanol–water partition coefficient (Wildman–Crippen LogP) is 4.50. The minimum atomic E-state index is -3.68. The Morgan fingerprint density at radius 1 is 1.07 bits per heavy atom. The van der Waals surface area contributed by atoms with Crippen LogP contribution in [0.3, 0.4) is 0 Å². The number of hydrazone groups is 1. The van der Waals surface area contributed by atoms with Crippen LogP contribution in [-0.2, 0) is 19.6 Å². The van der Waals surface area contributed by atoms with Crippen LogP contribution in [0.2, 0.25) is 0 Å². The second-order valence-electron chi connectivity index (χ2n) is 7.55. The van der Waals surface area contributed by atoms with Crippen molar-refractivity contribution in [3.8, 4) is 0 Å². The van der Waals surface area contributed by atoms with Gasteiger partial charge in [-0.15, -0.1) is 0 Å². The maximum absolute atomic E-state index is 13.0. The molecule has 0 aliphatic carbocycles. The fourth-order valence-corrected chi connectivity index (χ4v) is 5.13. The zero-order valence-corrected chi connectivity index (χ0v) is 18.5. The van der Waals surface area contributed by atoms with Gasteiger partial charge in [-0.25, -0.2) is 13.2 Å². The van der Waals surface area contributed by atoms with Gasteiger partial charge < -0.3 is 4.74 Å². The highest BCUT2D eigenvalue weighted by atomic mass is 32.2. The summed E-state index contributed by atoms with van der Waals surface area (Å²) in [7, 11) is -2.41. The first-order valence-electron chi connectivity index (χ1n) is 10.7. The van der Waals surface area contributed by atoms with Gasteiger partial charge in [0.25, 0.3) is 10.0 Å². The summed E-state index contributed by atoms with van der Waals surface area (Å²) >= 11 is 0. The molecule has 0 spiro atoms. The summed E-state index contributed by atoms with van der Waals surface area (Å²) in [6.45, 7) is 2.19. The third-order valence-corrected chi connectivity index (χ3v) is 6.97. The molecule has 0 bridgehead atoms. The Morgan fingerprint density at radius 3 is 2.31 bits per heavy atom. The van der Waals surface area contributed by atoms with Gasteiger partial charge in [-0.1, -0.05) is 82.2 Å². The number of carbonyl (C=O) groups is 1. The molecular weight excluding hydrogens is 388 g/mol. The van der Waals surface area contributed by atoms with Crippen molar-refractivity contribution in [2.75, 3.05) is 12.9 Å². The molecule has 1 unspecified atom stereocenters. The van der Waals surface area contributed by atoms with Crippen LogP contribution < -0.4 is 0 Å². The lowest BCUT2D eigenvalue weighted by atomic mass is 10.0. The maximum Gasteiger partial charge on any atom is 0.331 e. The largest absolute Gasteiger partial charge is 0.467 e. The van der Waals surface area contributed by atoms with Gasteiger partial charge in [-0.05, 0) is 24.8 Å². The first-order chi connectivity index (χ1) is 14.0. The highest BCUT2D eigenvalue weighted by Gasteiger charge is 2.37. The average Bonchev–Trinajstić information content (AvgIpc) is 2.75. The van der Waals surface area contributed by atoms with Gasteiger partial charge in [-0.2, -0.15) is 9.52 Å². The molecule has 29 heavy (non-hydrogen) atoms. The third-order valence-electron chi connectivity index (χ3n) is 5.26. The van der Waals surface area contributed by atoms with Crippen LogP contribution in [0.1, 0.15) is 76.7 Å². The highest BCUT2D eigenvalue weighted by Crippen LogP contribution is 2.24. The molecule has 6 nitrogen and oxygen atoms in total. The number of hydrogen-bond donors (Lipinski definition) is 0. The van der Waals surface area contributed by atoms with E-state index in [0.717, 1.165) is 29.2 Å². The number of ether oxygens (including phenoxy) is 1. The van der Waals surface area contributed by atoms with E-state index in [1.165, 1.54) is 32.8 Å². The Kier molecular flexibility index (Phi) is 9.64. The Morgan fingerprint density at radius 2 is 1.69 bits per heavy atom. The zero-order chi connectivity index (χ0) is 21.1. The number of esters is 1. The van der Waals surface area contributed by atoms with E-state index in [2.05, 4.69) is 12.0 Å². The van der Waals surface area contributed by atoms with Crippen LogP contribution in [0.25, 0.3) is 0 Å². The summed E-state index contributed by atoms with van der Waals surface area (Å²) in [6.07, 6.45) is 9.49. The van der Waals surface area contributed by atoms with Crippen molar-refractivity contribution < 1.29 is 17.9 Å². The van der Waals surface area contributed by atoms with Gasteiger partial charge in [0, 0.05) is 0 Å². The number of hydrogen-bond acceptors (Lipinski definition) is 5. The minimum Gasteiger partial charge on any atom is -0.467 e. The number of sulfonamides is 1. The van der Waals surface area contributed by atoms with Crippen LogP contribution in [0.4, 0.5) is 0 Å². The average molecular weight is 423 g/mol. The molecule has 162 valence electrons. The van der Waals surface area contributed by atoms with E-state index >= 15 is 0 Å². The van der Waals surface area contributed by atoms with Crippen molar-refractivity contribution in [1.82, 2.24) is 4.41 Å². The second kappa shape index (κ2) is 12.0. The summed E-state index contributed by atoms with van der Waals surface area (Å²) in [4.78, 5) is 12.2. The molecular formula is C22H34N2O4S. The van der Waals surface area contributed by atoms with Gasteiger partial charge in [-0.3, -0.25) is 0 Å². The molecule has 0 aromatic heterocycles. The number of rotatable bonds is 12. The van der Waals surface area contributed by atoms with Crippen LogP contribution in [-0.4, -0.2) is 43.4 Å². The zero-order valence-electron chi connectivity index (χ0n) is 17.7. The topological polar surface area (TPSA) is 76.0 Å². The molecule has 7 heteroatoms. The van der Waals surface area contributed by atoms with Gasteiger partial charge in [0.1, 0.15) is 0 Å². The number of carbonyl (C=O) groups excluding carboxylic acids is 1. The molecule has 1 heterocycles. The predicted molar refractivity (Wildman–Crippen MR) is 116 cm³/mol. The Balaban J connectivity index is 2.01. The van der Waals surface area contributed by atoms with Gasteiger partial charge in [0.05, 0.1) is 18.6 Å². The van der Waals surface area contributed by atoms with Gasteiger partial charge >= 0.3 is 5.97 Å². The van der Waals surface area contributed by atoms with Crippen molar-refractivity contribution in [2.45, 2.75) is 77.2 Å². The fraction of sp³-hybridized carbons (Fsp3) is 0.636. The summed E-state index contributed by atoms with van der Waals surface area (Å²) < 4.78 is 31.8. The van der Waals surface area contributed by atoms with Crippen molar-refractivity contribution in [3.05, 3.63) is 35.9 Å². The fourth-order valence-electron chi connectivity index (χ4n) is 3.57. The van der Waals surface area contributed by atoms with Crippen molar-refractivity contribution >= 4 is 21.7 Å². The first kappa shape index (κ1) is 23.4. The van der Waals surface area contributed by atoms with E-state index in [-0.39, 0.29) is 5.75 Å². The SMILES string of the molecule is CCCCCCCCCCS(=O)(=O)N1N=C(c2ccccc2)CCC1C(=O)OC. The van der Waals surface area contributed by atoms with E-state index in [1.807, 2.05) is 30.3 Å². The second-order valence-corrected chi connectivity index (χ2v) is 9.50. The van der Waals surface area contributed by atoms with E-state index < -0.39 is 22.0 Å². The summed E-state index contributed by atoms with van der Waals surface area (Å²) in [5.74, 6) is -0.554. The van der Waals surface area contributed by atoms with Crippen LogP contribution in [0.5, 0.6) is 0 Å². The monoisotopic (exact) mass is 422 g/mol. The third kappa shape index (κ3) is 7.14. The molecule has 1 aliphatic rings. The first-order valence-corrected chi connectivity index (χ1v) is 12.3. The maximum atomic E-state index is 13.0. The van der Waals surface area contributed by atoms with Crippen LogP contribution >= 0.6 is 0 Å². The van der Waals surface area contributed by atoms with Crippen molar-refractivity contribution in [1.29, 1.82) is 0 Å². The molecule has 1 aromatic rings. The van der Waals surface area contributed by atoms with E-state index in [9.17, 15) is 13.2 Å². The number of unbranched alkanes of at least 4 members (excludes halogenated alkanes) is 7. The molecule has 0 radical (unpaired) electrons. The van der Waals surface area contributed by atoms with E-state index in [0.29, 0.717) is 25.0 Å². The number of benzene rings is 1. The Labute approximate surface area is 175 Å². The van der Waals surface area contributed by atoms with Crippen LogP contribution in [0.15, 0.2) is 35.4 Å². The van der Waals surface area contributed by atoms with Crippen molar-refractivity contribution in [3.63, 3.8) is 0 Å². The highest BCUT2D eigenvalue weighted by molar-refractivity contribution is 7.89. The standard InChI is InChI=1S/C22H34N2O4S/c1-3-4-5-6-7-8-9-13-18-29(26,27)24-21(22(25)28-2)17-16-20(23-24)19-14-11-10-12-15-19/h10-12,14-15,21H,3-9,13,16-18H2,1-2H3. The number of nitrogens with zero attached hydrogens (tertiary/aromatic N) is 2. The lowest BCUT2D eigenvalue weighted by Crippen LogP contribution is -2.46. The van der Waals surface area contributed by atoms with E-state index in [1.54, 1.807) is 0 Å². The molecule has 1 aromatic carbocycles. The smallest absolute Gasteiger partial charge is 0.331 e. The lowest BCUT2D eigenvalue weighted by Gasteiger charge is -2.31. The van der Waals surface area contributed by atoms with E-state index in [4.69, 9.17) is 4.74 Å². The number of methoxy groups -OCH3 is 1. The summed E-state index contributed by atoms with van der Waals surface area (Å²) in [5.41, 5.74) is 1.56. The summed E-state index contributed by atoms with van der Waals surface area (Å²) in [5, 5.41) is 4.38. The minimum absolute atomic E-state index is 0.00102. The molecule has 1 atom stereocenters. The normalized spacial score (nSPS) is 17.1. The van der Waals surface area contributed by atoms with Gasteiger partial charge in [0.2, 0.25) is 0 Å². The molecule has 0 saturated heterocycles. The Hall–Kier alpha value is -1.89.